The number of ether oxygens (including phenoxy) is 1. The Labute approximate surface area is 133 Å². The molecule has 118 valence electrons. The van der Waals surface area contributed by atoms with Gasteiger partial charge < -0.3 is 9.15 Å². The van der Waals surface area contributed by atoms with Crippen LogP contribution in [0.4, 0.5) is 8.78 Å². The van der Waals surface area contributed by atoms with Crippen molar-refractivity contribution in [3.63, 3.8) is 0 Å². The summed E-state index contributed by atoms with van der Waals surface area (Å²) in [6.45, 7) is 1.87. The van der Waals surface area contributed by atoms with Gasteiger partial charge in [0, 0.05) is 16.6 Å². The van der Waals surface area contributed by atoms with Crippen LogP contribution in [0.15, 0.2) is 57.9 Å². The predicted octanol–water partition coefficient (Wildman–Crippen LogP) is 5.47. The fraction of sp³-hybridized carbons (Fsp3) is 0.294. The number of furan rings is 1. The molecule has 2 nitrogen and oxygen atoms in total. The SMILES string of the molecule is COc1ccc(S[C@@H](C=C(F)F)CCc2ccc(C)o2)cc1. The minimum absolute atomic E-state index is 0.302. The van der Waals surface area contributed by atoms with E-state index in [4.69, 9.17) is 9.15 Å². The van der Waals surface area contributed by atoms with Crippen LogP contribution in [-0.2, 0) is 6.42 Å². The molecule has 2 aromatic rings. The highest BCUT2D eigenvalue weighted by Crippen LogP contribution is 2.30. The molecule has 2 rings (SSSR count). The van der Waals surface area contributed by atoms with E-state index in [2.05, 4.69) is 0 Å². The van der Waals surface area contributed by atoms with Gasteiger partial charge in [0.05, 0.1) is 7.11 Å². The topological polar surface area (TPSA) is 22.4 Å². The Hall–Kier alpha value is -1.75. The maximum atomic E-state index is 12.6. The lowest BCUT2D eigenvalue weighted by molar-refractivity contribution is 0.414. The van der Waals surface area contributed by atoms with Crippen LogP contribution in [0.1, 0.15) is 17.9 Å². The first-order valence-electron chi connectivity index (χ1n) is 6.95. The number of thioether (sulfide) groups is 1. The van der Waals surface area contributed by atoms with Crippen LogP contribution in [0.3, 0.4) is 0 Å². The van der Waals surface area contributed by atoms with Crippen molar-refractivity contribution in [3.05, 3.63) is 60.1 Å². The quantitative estimate of drug-likeness (QED) is 0.631. The van der Waals surface area contributed by atoms with Crippen molar-refractivity contribution in [2.45, 2.75) is 29.9 Å². The molecule has 1 aromatic carbocycles. The van der Waals surface area contributed by atoms with Crippen molar-refractivity contribution in [1.82, 2.24) is 0 Å². The Bertz CT molecular complexity index is 616. The normalized spacial score (nSPS) is 12.0. The highest BCUT2D eigenvalue weighted by Gasteiger charge is 2.12. The molecule has 1 heterocycles. The van der Waals surface area contributed by atoms with Crippen molar-refractivity contribution < 1.29 is 17.9 Å². The van der Waals surface area contributed by atoms with E-state index in [1.54, 1.807) is 7.11 Å². The Morgan fingerprint density at radius 1 is 1.23 bits per heavy atom. The average Bonchev–Trinajstić information content (AvgIpc) is 2.91. The fourth-order valence-corrected chi connectivity index (χ4v) is 3.10. The first-order valence-corrected chi connectivity index (χ1v) is 7.83. The molecule has 0 amide bonds. The molecule has 0 fully saturated rings. The van der Waals surface area contributed by atoms with Gasteiger partial charge >= 0.3 is 0 Å². The standard InChI is InChI=1S/C17H18F2O2S/c1-12-3-4-14(21-12)7-10-16(11-17(18)19)22-15-8-5-13(20-2)6-9-15/h3-6,8-9,11,16H,7,10H2,1-2H3/t16-/m1/s1. The molecule has 0 saturated heterocycles. The van der Waals surface area contributed by atoms with E-state index in [9.17, 15) is 8.78 Å². The second-order valence-corrected chi connectivity index (χ2v) is 6.15. The summed E-state index contributed by atoms with van der Waals surface area (Å²) in [7, 11) is 1.59. The third kappa shape index (κ3) is 5.22. The van der Waals surface area contributed by atoms with Crippen molar-refractivity contribution in [2.75, 3.05) is 7.11 Å². The largest absolute Gasteiger partial charge is 0.497 e. The number of rotatable bonds is 7. The molecule has 1 atom stereocenters. The van der Waals surface area contributed by atoms with Crippen LogP contribution in [0, 0.1) is 6.92 Å². The Morgan fingerprint density at radius 2 is 1.95 bits per heavy atom. The van der Waals surface area contributed by atoms with Gasteiger partial charge in [-0.1, -0.05) is 0 Å². The van der Waals surface area contributed by atoms with E-state index in [0.717, 1.165) is 28.2 Å². The van der Waals surface area contributed by atoms with Crippen molar-refractivity contribution in [3.8, 4) is 5.75 Å². The average molecular weight is 324 g/mol. The zero-order chi connectivity index (χ0) is 15.9. The molecule has 0 N–H and O–H groups in total. The van der Waals surface area contributed by atoms with E-state index in [0.29, 0.717) is 12.8 Å². The molecular weight excluding hydrogens is 306 g/mol. The molecule has 0 aliphatic rings. The highest BCUT2D eigenvalue weighted by molar-refractivity contribution is 8.00. The summed E-state index contributed by atoms with van der Waals surface area (Å²) in [6.07, 6.45) is 0.568. The van der Waals surface area contributed by atoms with Gasteiger partial charge in [-0.05, 0) is 55.8 Å². The van der Waals surface area contributed by atoms with Gasteiger partial charge in [-0.3, -0.25) is 0 Å². The maximum Gasteiger partial charge on any atom is 0.267 e. The molecule has 0 radical (unpaired) electrons. The van der Waals surface area contributed by atoms with Crippen LogP contribution in [0.5, 0.6) is 5.75 Å². The third-order valence-corrected chi connectivity index (χ3v) is 4.35. The molecule has 0 aliphatic carbocycles. The molecule has 22 heavy (non-hydrogen) atoms. The van der Waals surface area contributed by atoms with E-state index in [1.807, 2.05) is 43.3 Å². The Balaban J connectivity index is 2.00. The molecule has 0 saturated carbocycles. The van der Waals surface area contributed by atoms with Crippen molar-refractivity contribution in [2.24, 2.45) is 0 Å². The lowest BCUT2D eigenvalue weighted by Crippen LogP contribution is -2.01. The van der Waals surface area contributed by atoms with Gasteiger partial charge in [-0.15, -0.1) is 11.8 Å². The number of hydrogen-bond acceptors (Lipinski definition) is 3. The summed E-state index contributed by atoms with van der Waals surface area (Å²) in [6, 6.07) is 11.2. The minimum atomic E-state index is -1.65. The molecule has 0 aliphatic heterocycles. The second-order valence-electron chi connectivity index (χ2n) is 4.84. The maximum absolute atomic E-state index is 12.6. The summed E-state index contributed by atoms with van der Waals surface area (Å²) >= 11 is 1.41. The fourth-order valence-electron chi connectivity index (χ4n) is 2.05. The molecule has 0 spiro atoms. The Kier molecular flexibility index (Phi) is 6.07. The molecule has 0 unspecified atom stereocenters. The summed E-state index contributed by atoms with van der Waals surface area (Å²) in [5.74, 6) is 2.41. The van der Waals surface area contributed by atoms with E-state index >= 15 is 0 Å². The summed E-state index contributed by atoms with van der Waals surface area (Å²) in [4.78, 5) is 0.930. The summed E-state index contributed by atoms with van der Waals surface area (Å²) in [5.41, 5.74) is 0. The smallest absolute Gasteiger partial charge is 0.267 e. The lowest BCUT2D eigenvalue weighted by atomic mass is 10.2. The van der Waals surface area contributed by atoms with E-state index in [-0.39, 0.29) is 5.25 Å². The number of hydrogen-bond donors (Lipinski definition) is 0. The molecule has 0 bridgehead atoms. The number of halogens is 2. The van der Waals surface area contributed by atoms with E-state index < -0.39 is 6.08 Å². The van der Waals surface area contributed by atoms with Crippen molar-refractivity contribution >= 4 is 11.8 Å². The lowest BCUT2D eigenvalue weighted by Gasteiger charge is -2.12. The zero-order valence-electron chi connectivity index (χ0n) is 12.5. The van der Waals surface area contributed by atoms with Gasteiger partial charge in [-0.25, -0.2) is 0 Å². The van der Waals surface area contributed by atoms with Gasteiger partial charge in [0.15, 0.2) is 0 Å². The van der Waals surface area contributed by atoms with Crippen LogP contribution < -0.4 is 4.74 Å². The monoisotopic (exact) mass is 324 g/mol. The van der Waals surface area contributed by atoms with Gasteiger partial charge in [-0.2, -0.15) is 8.78 Å². The molecular formula is C17H18F2O2S. The van der Waals surface area contributed by atoms with E-state index in [1.165, 1.54) is 11.8 Å². The van der Waals surface area contributed by atoms with Gasteiger partial charge in [0.2, 0.25) is 0 Å². The third-order valence-electron chi connectivity index (χ3n) is 3.13. The van der Waals surface area contributed by atoms with Crippen LogP contribution in [0.25, 0.3) is 0 Å². The summed E-state index contributed by atoms with van der Waals surface area (Å²) in [5, 5.41) is -0.302. The first-order chi connectivity index (χ1) is 10.6. The number of aryl methyl sites for hydroxylation is 2. The molecule has 1 aromatic heterocycles. The van der Waals surface area contributed by atoms with Crippen molar-refractivity contribution in [1.29, 1.82) is 0 Å². The van der Waals surface area contributed by atoms with Crippen LogP contribution in [-0.4, -0.2) is 12.4 Å². The number of benzene rings is 1. The zero-order valence-corrected chi connectivity index (χ0v) is 13.3. The van der Waals surface area contributed by atoms with Crippen LogP contribution >= 0.6 is 11.8 Å². The highest BCUT2D eigenvalue weighted by atomic mass is 32.2. The first kappa shape index (κ1) is 16.6. The minimum Gasteiger partial charge on any atom is -0.497 e. The predicted molar refractivity (Wildman–Crippen MR) is 84.7 cm³/mol. The second kappa shape index (κ2) is 8.03. The Morgan fingerprint density at radius 3 is 2.50 bits per heavy atom. The summed E-state index contributed by atoms with van der Waals surface area (Å²) < 4.78 is 35.9. The molecule has 5 heteroatoms. The number of methoxy groups -OCH3 is 1. The van der Waals surface area contributed by atoms with Gasteiger partial charge in [0.1, 0.15) is 17.3 Å². The van der Waals surface area contributed by atoms with Crippen LogP contribution in [0.2, 0.25) is 0 Å². The van der Waals surface area contributed by atoms with Gasteiger partial charge in [0.25, 0.3) is 6.08 Å².